The average molecular weight is 837 g/mol. The first-order chi connectivity index (χ1) is 28.9. The predicted octanol–water partition coefficient (Wildman–Crippen LogP) is 12.9. The largest absolute Gasteiger partial charge is 0.465 e. The van der Waals surface area contributed by atoms with Gasteiger partial charge in [0, 0.05) is 26.2 Å². The highest BCUT2D eigenvalue weighted by atomic mass is 16.5. The number of rotatable bonds is 44. The second-order valence-corrected chi connectivity index (χ2v) is 18.2. The zero-order chi connectivity index (χ0) is 42.9. The Morgan fingerprint density at radius 2 is 0.847 bits per heavy atom. The third-order valence-corrected chi connectivity index (χ3v) is 12.6. The molecular weight excluding hydrogens is 737 g/mol. The van der Waals surface area contributed by atoms with Gasteiger partial charge < -0.3 is 24.2 Å². The number of β-amino-alcohol motifs (C(OH)–C–C–N with tert-alkyl or cyclic N) is 1. The molecule has 0 aliphatic carbocycles. The predicted molar refractivity (Wildman–Crippen MR) is 249 cm³/mol. The number of aliphatic hydroxyl groups is 1. The van der Waals surface area contributed by atoms with Gasteiger partial charge in [0.15, 0.2) is 0 Å². The van der Waals surface area contributed by atoms with Crippen molar-refractivity contribution in [2.24, 2.45) is 11.8 Å². The standard InChI is InChI=1S/C51H100N2O6/c1-5-9-13-17-19-27-35-47(33-25-15-11-7-3)50(55)58-41-31-23-21-29-37-52(45-49(54)46-53-39-43-57-44-40-53)38-30-22-24-32-42-59-51(56)48(34-26-16-12-8-4)36-28-20-18-14-10-6-2/h47-49,54H,5-46H2,1-4H3. The van der Waals surface area contributed by atoms with Crippen molar-refractivity contribution in [3.05, 3.63) is 0 Å². The van der Waals surface area contributed by atoms with Crippen LogP contribution >= 0.6 is 0 Å². The van der Waals surface area contributed by atoms with E-state index in [0.29, 0.717) is 26.3 Å². The molecule has 1 N–H and O–H groups in total. The Morgan fingerprint density at radius 1 is 0.508 bits per heavy atom. The lowest BCUT2D eigenvalue weighted by molar-refractivity contribution is -0.150. The lowest BCUT2D eigenvalue weighted by Crippen LogP contribution is -2.45. The number of hydrogen-bond donors (Lipinski definition) is 1. The molecule has 1 fully saturated rings. The van der Waals surface area contributed by atoms with Gasteiger partial charge in [-0.25, -0.2) is 0 Å². The van der Waals surface area contributed by atoms with E-state index in [-0.39, 0.29) is 29.9 Å². The van der Waals surface area contributed by atoms with Crippen LogP contribution in [0.1, 0.15) is 233 Å². The molecule has 0 aromatic rings. The average Bonchev–Trinajstić information content (AvgIpc) is 3.24. The summed E-state index contributed by atoms with van der Waals surface area (Å²) in [4.78, 5) is 30.9. The van der Waals surface area contributed by atoms with Crippen molar-refractivity contribution in [3.63, 3.8) is 0 Å². The van der Waals surface area contributed by atoms with Crippen molar-refractivity contribution < 1.29 is 28.9 Å². The maximum Gasteiger partial charge on any atom is 0.308 e. The first-order valence-electron chi connectivity index (χ1n) is 26.0. The molecule has 0 bridgehead atoms. The van der Waals surface area contributed by atoms with Crippen LogP contribution < -0.4 is 0 Å². The topological polar surface area (TPSA) is 88.5 Å². The summed E-state index contributed by atoms with van der Waals surface area (Å²) in [6, 6.07) is 0. The van der Waals surface area contributed by atoms with Gasteiger partial charge in [-0.05, 0) is 64.5 Å². The Kier molecular flexibility index (Phi) is 39.8. The summed E-state index contributed by atoms with van der Waals surface area (Å²) in [5.41, 5.74) is 0. The van der Waals surface area contributed by atoms with E-state index >= 15 is 0 Å². The number of esters is 2. The van der Waals surface area contributed by atoms with Gasteiger partial charge in [0.05, 0.1) is 44.4 Å². The number of aliphatic hydroxyl groups excluding tert-OH is 1. The fraction of sp³-hybridized carbons (Fsp3) is 0.961. The van der Waals surface area contributed by atoms with Crippen LogP contribution in [0.15, 0.2) is 0 Å². The van der Waals surface area contributed by atoms with Crippen LogP contribution in [-0.4, -0.2) is 98.6 Å². The SMILES string of the molecule is CCCCCCCCC(CCCCCC)C(=O)OCCCCCCN(CCCCCCOC(=O)C(CCCCCC)CCCCCCCC)CC(O)CN1CCOCC1. The number of carbonyl (C=O) groups is 2. The van der Waals surface area contributed by atoms with Crippen LogP contribution in [0.2, 0.25) is 0 Å². The normalized spacial score (nSPS) is 15.1. The summed E-state index contributed by atoms with van der Waals surface area (Å²) in [5.74, 6) is 0.226. The third-order valence-electron chi connectivity index (χ3n) is 12.6. The van der Waals surface area contributed by atoms with Gasteiger partial charge in [0.25, 0.3) is 0 Å². The van der Waals surface area contributed by atoms with E-state index in [1.165, 1.54) is 103 Å². The van der Waals surface area contributed by atoms with E-state index in [2.05, 4.69) is 37.5 Å². The number of ether oxygens (including phenoxy) is 3. The first kappa shape index (κ1) is 55.8. The lowest BCUT2D eigenvalue weighted by Gasteiger charge is -2.31. The van der Waals surface area contributed by atoms with Crippen LogP contribution in [0.4, 0.5) is 0 Å². The number of hydrogen-bond acceptors (Lipinski definition) is 8. The monoisotopic (exact) mass is 837 g/mol. The molecule has 0 aromatic heterocycles. The van der Waals surface area contributed by atoms with Crippen molar-refractivity contribution >= 4 is 11.9 Å². The van der Waals surface area contributed by atoms with Gasteiger partial charge in [-0.2, -0.15) is 0 Å². The summed E-state index contributed by atoms with van der Waals surface area (Å²) < 4.78 is 17.2. The maximum atomic E-state index is 13.1. The van der Waals surface area contributed by atoms with Gasteiger partial charge in [0.2, 0.25) is 0 Å². The molecule has 1 saturated heterocycles. The highest BCUT2D eigenvalue weighted by molar-refractivity contribution is 5.72. The molecule has 0 radical (unpaired) electrons. The quantitative estimate of drug-likeness (QED) is 0.0479. The molecule has 1 heterocycles. The molecule has 3 unspecified atom stereocenters. The Labute approximate surface area is 366 Å². The van der Waals surface area contributed by atoms with Crippen molar-refractivity contribution in [1.82, 2.24) is 9.80 Å². The Morgan fingerprint density at radius 3 is 1.25 bits per heavy atom. The second-order valence-electron chi connectivity index (χ2n) is 18.2. The van der Waals surface area contributed by atoms with Gasteiger partial charge in [-0.3, -0.25) is 14.5 Å². The highest BCUT2D eigenvalue weighted by Gasteiger charge is 2.21. The van der Waals surface area contributed by atoms with Gasteiger partial charge in [-0.1, -0.05) is 182 Å². The van der Waals surface area contributed by atoms with Crippen LogP contribution in [0, 0.1) is 11.8 Å². The molecule has 59 heavy (non-hydrogen) atoms. The molecule has 8 heteroatoms. The minimum atomic E-state index is -0.371. The maximum absolute atomic E-state index is 13.1. The summed E-state index contributed by atoms with van der Waals surface area (Å²) in [7, 11) is 0. The zero-order valence-corrected chi connectivity index (χ0v) is 39.8. The molecule has 0 aromatic carbocycles. The molecule has 3 atom stereocenters. The van der Waals surface area contributed by atoms with Crippen LogP contribution in [0.5, 0.6) is 0 Å². The van der Waals surface area contributed by atoms with Gasteiger partial charge in [-0.15, -0.1) is 0 Å². The Hall–Kier alpha value is -1.22. The van der Waals surface area contributed by atoms with E-state index in [0.717, 1.165) is 142 Å². The third kappa shape index (κ3) is 34.0. The summed E-state index contributed by atoms with van der Waals surface area (Å²) in [6.45, 7) is 16.7. The number of morpholine rings is 1. The minimum absolute atomic E-state index is 0.0409. The number of nitrogens with zero attached hydrogens (tertiary/aromatic N) is 2. The lowest BCUT2D eigenvalue weighted by atomic mass is 9.94. The van der Waals surface area contributed by atoms with E-state index < -0.39 is 0 Å². The molecule has 0 amide bonds. The Bertz CT molecular complexity index is 857. The van der Waals surface area contributed by atoms with Crippen molar-refractivity contribution in [2.75, 3.05) is 65.7 Å². The van der Waals surface area contributed by atoms with Crippen molar-refractivity contribution in [1.29, 1.82) is 0 Å². The van der Waals surface area contributed by atoms with E-state index in [1.807, 2.05) is 0 Å². The molecule has 350 valence electrons. The fourth-order valence-electron chi connectivity index (χ4n) is 8.63. The summed E-state index contributed by atoms with van der Waals surface area (Å²) >= 11 is 0. The molecule has 8 nitrogen and oxygen atoms in total. The van der Waals surface area contributed by atoms with Crippen LogP contribution in [-0.2, 0) is 23.8 Å². The van der Waals surface area contributed by atoms with E-state index in [1.54, 1.807) is 0 Å². The van der Waals surface area contributed by atoms with E-state index in [4.69, 9.17) is 14.2 Å². The molecule has 1 aliphatic rings. The van der Waals surface area contributed by atoms with Crippen molar-refractivity contribution in [3.8, 4) is 0 Å². The smallest absolute Gasteiger partial charge is 0.308 e. The molecule has 1 aliphatic heterocycles. The van der Waals surface area contributed by atoms with Gasteiger partial charge in [0.1, 0.15) is 0 Å². The number of unbranched alkanes of at least 4 members (excludes halogenated alkanes) is 22. The van der Waals surface area contributed by atoms with Crippen molar-refractivity contribution in [2.45, 2.75) is 239 Å². The fourth-order valence-corrected chi connectivity index (χ4v) is 8.63. The van der Waals surface area contributed by atoms with Gasteiger partial charge >= 0.3 is 11.9 Å². The molecule has 0 spiro atoms. The molecule has 0 saturated carbocycles. The Balaban J connectivity index is 2.45. The first-order valence-corrected chi connectivity index (χ1v) is 26.0. The van der Waals surface area contributed by atoms with Crippen LogP contribution in [0.3, 0.4) is 0 Å². The molecular formula is C51H100N2O6. The molecule has 1 rings (SSSR count). The zero-order valence-electron chi connectivity index (χ0n) is 39.8. The van der Waals surface area contributed by atoms with Crippen LogP contribution in [0.25, 0.3) is 0 Å². The second kappa shape index (κ2) is 42.1. The summed E-state index contributed by atoms with van der Waals surface area (Å²) in [6.07, 6.45) is 36.7. The summed E-state index contributed by atoms with van der Waals surface area (Å²) in [5, 5.41) is 11.1. The van der Waals surface area contributed by atoms with E-state index in [9.17, 15) is 14.7 Å². The number of carbonyl (C=O) groups excluding carboxylic acids is 2. The highest BCUT2D eigenvalue weighted by Crippen LogP contribution is 2.22. The minimum Gasteiger partial charge on any atom is -0.465 e.